The van der Waals surface area contributed by atoms with Crippen molar-refractivity contribution in [1.29, 1.82) is 5.26 Å². The predicted molar refractivity (Wildman–Crippen MR) is 79.8 cm³/mol. The van der Waals surface area contributed by atoms with E-state index >= 15 is 0 Å². The minimum absolute atomic E-state index is 0.208. The first-order valence-corrected chi connectivity index (χ1v) is 8.20. The van der Waals surface area contributed by atoms with E-state index in [4.69, 9.17) is 5.26 Å². The largest absolute Gasteiger partial charge is 0.310 e. The molecule has 108 valence electrons. The Morgan fingerprint density at radius 1 is 1.19 bits per heavy atom. The average molecular weight is 301 g/mol. The zero-order valence-corrected chi connectivity index (χ0v) is 12.2. The van der Waals surface area contributed by atoms with Gasteiger partial charge in [0.2, 0.25) is 10.0 Å². The van der Waals surface area contributed by atoms with Gasteiger partial charge in [0.05, 0.1) is 4.90 Å². The van der Waals surface area contributed by atoms with Crippen molar-refractivity contribution in [3.8, 4) is 6.19 Å². The lowest BCUT2D eigenvalue weighted by Gasteiger charge is -2.34. The third-order valence-electron chi connectivity index (χ3n) is 3.69. The zero-order chi connectivity index (χ0) is 14.9. The average Bonchev–Trinajstić information content (AvgIpc) is 2.45. The number of hydrogen-bond donors (Lipinski definition) is 1. The number of hydrogen-bond acceptors (Lipinski definition) is 4. The molecule has 0 unspecified atom stereocenters. The van der Waals surface area contributed by atoms with E-state index in [0.29, 0.717) is 19.6 Å². The normalized spacial score (nSPS) is 15.7. The van der Waals surface area contributed by atoms with E-state index in [1.165, 1.54) is 0 Å². The molecule has 21 heavy (non-hydrogen) atoms. The molecule has 5 nitrogen and oxygen atoms in total. The molecule has 1 aliphatic heterocycles. The number of likely N-dealkylation sites (tertiary alicyclic amines) is 1. The first-order valence-electron chi connectivity index (χ1n) is 6.71. The molecule has 6 heteroatoms. The molecule has 1 aliphatic rings. The molecule has 1 heterocycles. The van der Waals surface area contributed by atoms with Crippen molar-refractivity contribution in [2.45, 2.75) is 4.90 Å². The molecule has 2 aromatic rings. The number of nitrogens with one attached hydrogen (secondary N) is 1. The lowest BCUT2D eigenvalue weighted by Crippen LogP contribution is -2.48. The second-order valence-corrected chi connectivity index (χ2v) is 7.00. The predicted octanol–water partition coefficient (Wildman–Crippen LogP) is 1.53. The Morgan fingerprint density at radius 2 is 1.90 bits per heavy atom. The van der Waals surface area contributed by atoms with E-state index < -0.39 is 10.0 Å². The van der Waals surface area contributed by atoms with Crippen LogP contribution in [0.3, 0.4) is 0 Å². The van der Waals surface area contributed by atoms with Crippen LogP contribution in [-0.2, 0) is 10.0 Å². The highest BCUT2D eigenvalue weighted by Crippen LogP contribution is 2.19. The van der Waals surface area contributed by atoms with Gasteiger partial charge in [-0.05, 0) is 22.9 Å². The molecule has 0 amide bonds. The molecule has 0 aliphatic carbocycles. The molecular formula is C15H15N3O2S. The highest BCUT2D eigenvalue weighted by atomic mass is 32.2. The fraction of sp³-hybridized carbons (Fsp3) is 0.267. The molecular weight excluding hydrogens is 286 g/mol. The summed E-state index contributed by atoms with van der Waals surface area (Å²) >= 11 is 0. The Bertz CT molecular complexity index is 805. The van der Waals surface area contributed by atoms with Crippen molar-refractivity contribution in [1.82, 2.24) is 9.62 Å². The molecule has 0 atom stereocenters. The van der Waals surface area contributed by atoms with Crippen molar-refractivity contribution < 1.29 is 8.42 Å². The van der Waals surface area contributed by atoms with Crippen LogP contribution in [-0.4, -0.2) is 33.0 Å². The maximum absolute atomic E-state index is 12.3. The van der Waals surface area contributed by atoms with Crippen molar-refractivity contribution in [3.63, 3.8) is 0 Å². The second-order valence-electron chi connectivity index (χ2n) is 5.23. The van der Waals surface area contributed by atoms with Crippen LogP contribution in [0.25, 0.3) is 10.8 Å². The third-order valence-corrected chi connectivity index (χ3v) is 5.11. The number of nitrogens with zero attached hydrogens (tertiary/aromatic N) is 2. The third kappa shape index (κ3) is 2.84. The minimum atomic E-state index is -3.50. The van der Waals surface area contributed by atoms with E-state index in [1.807, 2.05) is 36.5 Å². The van der Waals surface area contributed by atoms with Gasteiger partial charge in [0.25, 0.3) is 0 Å². The van der Waals surface area contributed by atoms with Crippen LogP contribution in [0, 0.1) is 17.4 Å². The monoisotopic (exact) mass is 301 g/mol. The molecule has 0 bridgehead atoms. The molecule has 3 rings (SSSR count). The number of nitriles is 1. The van der Waals surface area contributed by atoms with E-state index in [0.717, 1.165) is 10.8 Å². The zero-order valence-electron chi connectivity index (χ0n) is 11.4. The lowest BCUT2D eigenvalue weighted by molar-refractivity contribution is 0.174. The molecule has 0 saturated carbocycles. The summed E-state index contributed by atoms with van der Waals surface area (Å²) in [5.74, 6) is 0.208. The van der Waals surface area contributed by atoms with Gasteiger partial charge in [-0.15, -0.1) is 0 Å². The van der Waals surface area contributed by atoms with Gasteiger partial charge in [-0.1, -0.05) is 30.3 Å². The van der Waals surface area contributed by atoms with Gasteiger partial charge >= 0.3 is 0 Å². The number of fused-ring (bicyclic) bond motifs is 1. The van der Waals surface area contributed by atoms with Crippen LogP contribution < -0.4 is 4.72 Å². The molecule has 0 aromatic heterocycles. The van der Waals surface area contributed by atoms with Crippen molar-refractivity contribution in [2.75, 3.05) is 19.6 Å². The van der Waals surface area contributed by atoms with Gasteiger partial charge in [0, 0.05) is 25.6 Å². The van der Waals surface area contributed by atoms with Crippen LogP contribution in [0.15, 0.2) is 47.4 Å². The van der Waals surface area contributed by atoms with Crippen molar-refractivity contribution in [2.24, 2.45) is 5.92 Å². The van der Waals surface area contributed by atoms with E-state index in [1.54, 1.807) is 17.0 Å². The van der Waals surface area contributed by atoms with E-state index in [2.05, 4.69) is 4.72 Å². The Morgan fingerprint density at radius 3 is 2.62 bits per heavy atom. The molecule has 1 fully saturated rings. The summed E-state index contributed by atoms with van der Waals surface area (Å²) in [5.41, 5.74) is 0. The highest BCUT2D eigenvalue weighted by Gasteiger charge is 2.27. The van der Waals surface area contributed by atoms with Gasteiger partial charge in [-0.3, -0.25) is 0 Å². The Labute approximate surface area is 123 Å². The smallest absolute Gasteiger partial charge is 0.240 e. The molecule has 1 saturated heterocycles. The van der Waals surface area contributed by atoms with Crippen LogP contribution in [0.1, 0.15) is 0 Å². The summed E-state index contributed by atoms with van der Waals surface area (Å²) in [4.78, 5) is 1.88. The SMILES string of the molecule is N#CN1CC(CNS(=O)(=O)c2ccc3ccccc3c2)C1. The lowest BCUT2D eigenvalue weighted by atomic mass is 10.0. The summed E-state index contributed by atoms with van der Waals surface area (Å²) < 4.78 is 27.2. The van der Waals surface area contributed by atoms with Crippen LogP contribution in [0.5, 0.6) is 0 Å². The molecule has 2 aromatic carbocycles. The topological polar surface area (TPSA) is 73.2 Å². The quantitative estimate of drug-likeness (QED) is 0.869. The summed E-state index contributed by atoms with van der Waals surface area (Å²) in [6, 6.07) is 12.8. The fourth-order valence-electron chi connectivity index (χ4n) is 2.43. The second kappa shape index (κ2) is 5.35. The first-order chi connectivity index (χ1) is 10.1. The molecule has 1 N–H and O–H groups in total. The Balaban J connectivity index is 1.73. The summed E-state index contributed by atoms with van der Waals surface area (Å²) in [7, 11) is -3.50. The summed E-state index contributed by atoms with van der Waals surface area (Å²) in [6.45, 7) is 1.61. The molecule has 0 spiro atoms. The standard InChI is InChI=1S/C15H15N3O2S/c16-11-18-9-12(10-18)8-17-21(19,20)15-6-5-13-3-1-2-4-14(13)7-15/h1-7,12,17H,8-10H2. The van der Waals surface area contributed by atoms with Gasteiger partial charge in [-0.2, -0.15) is 5.26 Å². The van der Waals surface area contributed by atoms with Crippen LogP contribution in [0.2, 0.25) is 0 Å². The number of benzene rings is 2. The highest BCUT2D eigenvalue weighted by molar-refractivity contribution is 7.89. The van der Waals surface area contributed by atoms with Crippen molar-refractivity contribution >= 4 is 20.8 Å². The van der Waals surface area contributed by atoms with Gasteiger partial charge in [-0.25, -0.2) is 13.1 Å². The number of sulfonamides is 1. The first kappa shape index (κ1) is 13.9. The van der Waals surface area contributed by atoms with Crippen LogP contribution in [0.4, 0.5) is 0 Å². The Hall–Kier alpha value is -2.10. The van der Waals surface area contributed by atoms with Gasteiger partial charge < -0.3 is 4.90 Å². The Kier molecular flexibility index (Phi) is 3.53. The number of rotatable bonds is 4. The van der Waals surface area contributed by atoms with Crippen LogP contribution >= 0.6 is 0 Å². The minimum Gasteiger partial charge on any atom is -0.310 e. The molecule has 0 radical (unpaired) electrons. The maximum atomic E-state index is 12.3. The van der Waals surface area contributed by atoms with Crippen molar-refractivity contribution in [3.05, 3.63) is 42.5 Å². The summed E-state index contributed by atoms with van der Waals surface area (Å²) in [6.07, 6.45) is 2.04. The van der Waals surface area contributed by atoms with E-state index in [9.17, 15) is 8.42 Å². The summed E-state index contributed by atoms with van der Waals surface area (Å²) in [5, 5.41) is 10.6. The van der Waals surface area contributed by atoms with Gasteiger partial charge in [0.1, 0.15) is 0 Å². The van der Waals surface area contributed by atoms with E-state index in [-0.39, 0.29) is 10.8 Å². The van der Waals surface area contributed by atoms with Gasteiger partial charge in [0.15, 0.2) is 6.19 Å². The maximum Gasteiger partial charge on any atom is 0.240 e. The fourth-order valence-corrected chi connectivity index (χ4v) is 3.58.